The third kappa shape index (κ3) is 3.51. The number of hydrogen-bond donors (Lipinski definition) is 1. The Morgan fingerprint density at radius 3 is 2.52 bits per heavy atom. The van der Waals surface area contributed by atoms with Crippen LogP contribution in [0, 0.1) is 12.3 Å². The summed E-state index contributed by atoms with van der Waals surface area (Å²) in [5.41, 5.74) is 0.277. The maximum Gasteiger partial charge on any atom is 0.416 e. The first-order chi connectivity index (χ1) is 12.7. The summed E-state index contributed by atoms with van der Waals surface area (Å²) in [5, 5.41) is 4.27. The van der Waals surface area contributed by atoms with Gasteiger partial charge in [0, 0.05) is 0 Å². The van der Waals surface area contributed by atoms with Crippen molar-refractivity contribution in [1.82, 2.24) is 19.6 Å². The Balaban J connectivity index is 2.23. The van der Waals surface area contributed by atoms with Crippen LogP contribution >= 0.6 is 0 Å². The number of halogens is 3. The van der Waals surface area contributed by atoms with Crippen molar-refractivity contribution in [3.05, 3.63) is 46.0 Å². The van der Waals surface area contributed by atoms with Gasteiger partial charge in [0.25, 0.3) is 0 Å². The first-order valence-corrected chi connectivity index (χ1v) is 7.99. The fourth-order valence-electron chi connectivity index (χ4n) is 2.62. The van der Waals surface area contributed by atoms with Crippen LogP contribution in [0.15, 0.2) is 29.1 Å². The van der Waals surface area contributed by atoms with Gasteiger partial charge in [0.15, 0.2) is 12.3 Å². The molecule has 2 heterocycles. The van der Waals surface area contributed by atoms with Crippen LogP contribution in [-0.2, 0) is 6.18 Å². The zero-order valence-corrected chi connectivity index (χ0v) is 14.5. The van der Waals surface area contributed by atoms with E-state index < -0.39 is 17.4 Å². The molecule has 6 nitrogen and oxygen atoms in total. The van der Waals surface area contributed by atoms with Gasteiger partial charge in [-0.05, 0) is 23.6 Å². The topological polar surface area (TPSA) is 72.3 Å². The maximum atomic E-state index is 12.8. The molecule has 0 fully saturated rings. The fourth-order valence-corrected chi connectivity index (χ4v) is 2.62. The van der Waals surface area contributed by atoms with E-state index in [0.29, 0.717) is 16.8 Å². The average molecular weight is 376 g/mol. The van der Waals surface area contributed by atoms with Crippen molar-refractivity contribution in [2.45, 2.75) is 25.9 Å². The van der Waals surface area contributed by atoms with Crippen LogP contribution in [0.1, 0.15) is 31.0 Å². The lowest BCUT2D eigenvalue weighted by Gasteiger charge is -2.09. The number of aromatic nitrogens is 4. The molecular formula is C18H15F3N4O2. The van der Waals surface area contributed by atoms with Gasteiger partial charge < -0.3 is 4.74 Å². The van der Waals surface area contributed by atoms with Crippen molar-refractivity contribution in [3.8, 4) is 29.5 Å². The molecule has 0 amide bonds. The summed E-state index contributed by atoms with van der Waals surface area (Å²) in [7, 11) is 0. The number of hydrogen-bond acceptors (Lipinski definition) is 4. The van der Waals surface area contributed by atoms with Gasteiger partial charge in [-0.15, -0.1) is 6.42 Å². The van der Waals surface area contributed by atoms with Gasteiger partial charge in [-0.2, -0.15) is 27.8 Å². The minimum atomic E-state index is -4.44. The number of aromatic amines is 1. The van der Waals surface area contributed by atoms with E-state index in [0.717, 1.165) is 16.6 Å². The highest BCUT2D eigenvalue weighted by molar-refractivity contribution is 5.80. The Kier molecular flexibility index (Phi) is 4.66. The molecule has 1 aromatic carbocycles. The van der Waals surface area contributed by atoms with Crippen molar-refractivity contribution < 1.29 is 17.9 Å². The molecule has 0 spiro atoms. The lowest BCUT2D eigenvalue weighted by atomic mass is 9.98. The Bertz CT molecular complexity index is 1070. The Morgan fingerprint density at radius 1 is 1.30 bits per heavy atom. The smallest absolute Gasteiger partial charge is 0.416 e. The van der Waals surface area contributed by atoms with Crippen molar-refractivity contribution in [1.29, 1.82) is 0 Å². The SMILES string of the molecule is C#CCOc1nc2c(-c3ccc(C(F)(F)F)cc3)c(C(C)C)nn2c(=O)[nH]1. The second kappa shape index (κ2) is 6.79. The van der Waals surface area contributed by atoms with Gasteiger partial charge in [-0.1, -0.05) is 31.9 Å². The van der Waals surface area contributed by atoms with Crippen molar-refractivity contribution >= 4 is 5.65 Å². The van der Waals surface area contributed by atoms with E-state index in [1.165, 1.54) is 12.1 Å². The average Bonchev–Trinajstić information content (AvgIpc) is 2.99. The third-order valence-electron chi connectivity index (χ3n) is 3.84. The van der Waals surface area contributed by atoms with Crippen LogP contribution in [0.4, 0.5) is 13.2 Å². The predicted octanol–water partition coefficient (Wildman–Crippen LogP) is 3.24. The molecule has 0 atom stereocenters. The van der Waals surface area contributed by atoms with E-state index in [2.05, 4.69) is 21.0 Å². The monoisotopic (exact) mass is 376 g/mol. The minimum absolute atomic E-state index is 0.0891. The molecule has 0 unspecified atom stereocenters. The summed E-state index contributed by atoms with van der Waals surface area (Å²) in [4.78, 5) is 18.9. The largest absolute Gasteiger partial charge is 0.451 e. The Labute approximate surface area is 152 Å². The highest BCUT2D eigenvalue weighted by Gasteiger charge is 2.30. The number of rotatable bonds is 4. The van der Waals surface area contributed by atoms with E-state index in [9.17, 15) is 18.0 Å². The number of ether oxygens (including phenoxy) is 1. The molecule has 0 saturated heterocycles. The molecule has 2 aromatic heterocycles. The summed E-state index contributed by atoms with van der Waals surface area (Å²) >= 11 is 0. The second-order valence-electron chi connectivity index (χ2n) is 6.07. The van der Waals surface area contributed by atoms with E-state index >= 15 is 0 Å². The molecule has 3 aromatic rings. The molecular weight excluding hydrogens is 361 g/mol. The lowest BCUT2D eigenvalue weighted by molar-refractivity contribution is -0.137. The third-order valence-corrected chi connectivity index (χ3v) is 3.84. The summed E-state index contributed by atoms with van der Waals surface area (Å²) in [5.74, 6) is 2.16. The molecule has 1 N–H and O–H groups in total. The zero-order valence-electron chi connectivity index (χ0n) is 14.5. The minimum Gasteiger partial charge on any atom is -0.451 e. The van der Waals surface area contributed by atoms with Crippen LogP contribution in [0.2, 0.25) is 0 Å². The zero-order chi connectivity index (χ0) is 19.8. The van der Waals surface area contributed by atoms with Crippen LogP contribution in [0.3, 0.4) is 0 Å². The van der Waals surface area contributed by atoms with Crippen molar-refractivity contribution in [2.24, 2.45) is 0 Å². The van der Waals surface area contributed by atoms with Gasteiger partial charge in [-0.25, -0.2) is 4.79 Å². The van der Waals surface area contributed by atoms with Gasteiger partial charge in [0.05, 0.1) is 16.8 Å². The van der Waals surface area contributed by atoms with E-state index in [4.69, 9.17) is 11.2 Å². The number of terminal acetylenes is 1. The number of fused-ring (bicyclic) bond motifs is 1. The number of nitrogens with zero attached hydrogens (tertiary/aromatic N) is 3. The van der Waals surface area contributed by atoms with Crippen LogP contribution in [0.25, 0.3) is 16.8 Å². The fraction of sp³-hybridized carbons (Fsp3) is 0.278. The first kappa shape index (κ1) is 18.5. The Hall–Kier alpha value is -3.28. The van der Waals surface area contributed by atoms with E-state index in [-0.39, 0.29) is 24.2 Å². The molecule has 27 heavy (non-hydrogen) atoms. The van der Waals surface area contributed by atoms with E-state index in [1.54, 1.807) is 0 Å². The van der Waals surface area contributed by atoms with Gasteiger partial charge in [0.2, 0.25) is 0 Å². The van der Waals surface area contributed by atoms with Gasteiger partial charge in [0.1, 0.15) is 0 Å². The maximum absolute atomic E-state index is 12.8. The number of nitrogens with one attached hydrogen (secondary N) is 1. The molecule has 0 aliphatic heterocycles. The standard InChI is InChI=1S/C18H15F3N4O2/c1-4-9-27-16-22-15-13(11-5-7-12(8-6-11)18(19,20)21)14(10(2)3)24-25(15)17(26)23-16/h1,5-8,10H,9H2,2-3H3,(H,22,23,26). The first-order valence-electron chi connectivity index (χ1n) is 7.99. The summed E-state index contributed by atoms with van der Waals surface area (Å²) < 4.78 is 44.8. The lowest BCUT2D eigenvalue weighted by Crippen LogP contribution is -2.20. The highest BCUT2D eigenvalue weighted by atomic mass is 19.4. The van der Waals surface area contributed by atoms with Crippen LogP contribution in [0.5, 0.6) is 6.01 Å². The molecule has 140 valence electrons. The van der Waals surface area contributed by atoms with E-state index in [1.807, 2.05) is 13.8 Å². The molecule has 0 saturated carbocycles. The molecule has 0 bridgehead atoms. The number of H-pyrrole nitrogens is 1. The van der Waals surface area contributed by atoms with Crippen LogP contribution in [-0.4, -0.2) is 26.2 Å². The normalized spacial score (nSPS) is 11.7. The van der Waals surface area contributed by atoms with Crippen molar-refractivity contribution in [3.63, 3.8) is 0 Å². The molecule has 0 aliphatic rings. The summed E-state index contributed by atoms with van der Waals surface area (Å²) in [6, 6.07) is 4.53. The second-order valence-corrected chi connectivity index (χ2v) is 6.07. The summed E-state index contributed by atoms with van der Waals surface area (Å²) in [6.45, 7) is 3.62. The molecule has 0 radical (unpaired) electrons. The van der Waals surface area contributed by atoms with Gasteiger partial charge >= 0.3 is 17.9 Å². The van der Waals surface area contributed by atoms with Gasteiger partial charge in [-0.3, -0.25) is 4.98 Å². The highest BCUT2D eigenvalue weighted by Crippen LogP contribution is 2.35. The molecule has 3 rings (SSSR count). The quantitative estimate of drug-likeness (QED) is 0.710. The molecule has 0 aliphatic carbocycles. The van der Waals surface area contributed by atoms with Crippen molar-refractivity contribution in [2.75, 3.05) is 6.61 Å². The van der Waals surface area contributed by atoms with Crippen LogP contribution < -0.4 is 10.4 Å². The number of benzene rings is 1. The number of alkyl halides is 3. The molecule has 9 heteroatoms. The predicted molar refractivity (Wildman–Crippen MR) is 92.5 cm³/mol. The summed E-state index contributed by atoms with van der Waals surface area (Å²) in [6.07, 6.45) is 0.699. The Morgan fingerprint density at radius 2 is 1.96 bits per heavy atom.